The maximum atomic E-state index is 12.1. The molecule has 0 saturated carbocycles. The molecule has 3 heterocycles. The Morgan fingerprint density at radius 2 is 2.32 bits per heavy atom. The van der Waals surface area contributed by atoms with Crippen LogP contribution in [0.1, 0.15) is 28.8 Å². The van der Waals surface area contributed by atoms with Gasteiger partial charge in [0.15, 0.2) is 11.6 Å². The SMILES string of the molecule is C=CCNC(=O)c1cnn(-c2cc(-c3nc(CC)no3)ccn2)c1C. The van der Waals surface area contributed by atoms with E-state index in [1.807, 2.05) is 13.8 Å². The van der Waals surface area contributed by atoms with Gasteiger partial charge in [-0.1, -0.05) is 18.2 Å². The summed E-state index contributed by atoms with van der Waals surface area (Å²) >= 11 is 0. The van der Waals surface area contributed by atoms with Crippen molar-refractivity contribution in [2.24, 2.45) is 0 Å². The summed E-state index contributed by atoms with van der Waals surface area (Å²) in [6.07, 6.45) is 5.48. The predicted octanol–water partition coefficient (Wildman–Crippen LogP) is 2.10. The van der Waals surface area contributed by atoms with Crippen LogP contribution >= 0.6 is 0 Å². The molecule has 0 fully saturated rings. The summed E-state index contributed by atoms with van der Waals surface area (Å²) in [5.74, 6) is 1.43. The predicted molar refractivity (Wildman–Crippen MR) is 91.3 cm³/mol. The molecule has 8 nitrogen and oxygen atoms in total. The number of rotatable bonds is 6. The third-order valence-electron chi connectivity index (χ3n) is 3.66. The van der Waals surface area contributed by atoms with Gasteiger partial charge in [-0.05, 0) is 19.1 Å². The van der Waals surface area contributed by atoms with Gasteiger partial charge in [0.2, 0.25) is 0 Å². The lowest BCUT2D eigenvalue weighted by Gasteiger charge is -2.05. The molecule has 128 valence electrons. The van der Waals surface area contributed by atoms with Crippen molar-refractivity contribution in [2.75, 3.05) is 6.54 Å². The van der Waals surface area contributed by atoms with E-state index in [0.717, 1.165) is 5.56 Å². The molecule has 8 heteroatoms. The van der Waals surface area contributed by atoms with Gasteiger partial charge in [0, 0.05) is 24.7 Å². The largest absolute Gasteiger partial charge is 0.348 e. The van der Waals surface area contributed by atoms with Crippen LogP contribution in [0.25, 0.3) is 17.3 Å². The maximum absolute atomic E-state index is 12.1. The second-order valence-corrected chi connectivity index (χ2v) is 5.33. The fourth-order valence-corrected chi connectivity index (χ4v) is 2.31. The van der Waals surface area contributed by atoms with Crippen LogP contribution in [0.2, 0.25) is 0 Å². The third-order valence-corrected chi connectivity index (χ3v) is 3.66. The summed E-state index contributed by atoms with van der Waals surface area (Å²) < 4.78 is 6.86. The minimum Gasteiger partial charge on any atom is -0.348 e. The Balaban J connectivity index is 1.92. The molecule has 0 spiro atoms. The smallest absolute Gasteiger partial charge is 0.258 e. The van der Waals surface area contributed by atoms with E-state index in [-0.39, 0.29) is 5.91 Å². The van der Waals surface area contributed by atoms with E-state index in [9.17, 15) is 4.79 Å². The average molecular weight is 338 g/mol. The summed E-state index contributed by atoms with van der Waals surface area (Å²) in [7, 11) is 0. The number of carbonyl (C=O) groups is 1. The van der Waals surface area contributed by atoms with Crippen LogP contribution < -0.4 is 5.32 Å². The standard InChI is InChI=1S/C17H18N6O2/c1-4-7-19-16(24)13-10-20-23(11(13)3)15-9-12(6-8-18-15)17-21-14(5-2)22-25-17/h4,6,8-10H,1,5,7H2,2-3H3,(H,19,24). The van der Waals surface area contributed by atoms with Gasteiger partial charge >= 0.3 is 0 Å². The van der Waals surface area contributed by atoms with E-state index >= 15 is 0 Å². The van der Waals surface area contributed by atoms with Crippen LogP contribution in [0.3, 0.4) is 0 Å². The van der Waals surface area contributed by atoms with Gasteiger partial charge < -0.3 is 9.84 Å². The Kier molecular flexibility index (Phi) is 4.69. The molecule has 0 aromatic carbocycles. The number of hydrogen-bond acceptors (Lipinski definition) is 6. The molecule has 0 bridgehead atoms. The molecule has 3 aromatic heterocycles. The van der Waals surface area contributed by atoms with Crippen molar-refractivity contribution < 1.29 is 9.32 Å². The number of aromatic nitrogens is 5. The van der Waals surface area contributed by atoms with Gasteiger partial charge in [-0.3, -0.25) is 4.79 Å². The molecule has 3 rings (SSSR count). The second kappa shape index (κ2) is 7.08. The van der Waals surface area contributed by atoms with Crippen molar-refractivity contribution in [1.82, 2.24) is 30.2 Å². The first-order valence-electron chi connectivity index (χ1n) is 7.87. The highest BCUT2D eigenvalue weighted by Crippen LogP contribution is 2.20. The van der Waals surface area contributed by atoms with Crippen molar-refractivity contribution >= 4 is 5.91 Å². The Morgan fingerprint density at radius 3 is 3.04 bits per heavy atom. The molecule has 0 radical (unpaired) electrons. The Morgan fingerprint density at radius 1 is 1.48 bits per heavy atom. The molecule has 0 aliphatic rings. The van der Waals surface area contributed by atoms with Crippen LogP contribution in [0, 0.1) is 6.92 Å². The molecule has 3 aromatic rings. The summed E-state index contributed by atoms with van der Waals surface area (Å²) in [6, 6.07) is 3.57. The van der Waals surface area contributed by atoms with Crippen LogP contribution in [-0.2, 0) is 6.42 Å². The van der Waals surface area contributed by atoms with Crippen LogP contribution in [0.5, 0.6) is 0 Å². The van der Waals surface area contributed by atoms with Gasteiger partial charge in [-0.2, -0.15) is 10.1 Å². The zero-order valence-electron chi connectivity index (χ0n) is 14.1. The minimum atomic E-state index is -0.204. The van der Waals surface area contributed by atoms with E-state index < -0.39 is 0 Å². The second-order valence-electron chi connectivity index (χ2n) is 5.33. The Hall–Kier alpha value is -3.29. The van der Waals surface area contributed by atoms with Gasteiger partial charge in [-0.15, -0.1) is 6.58 Å². The van der Waals surface area contributed by atoms with Crippen molar-refractivity contribution in [3.8, 4) is 17.3 Å². The summed E-state index contributed by atoms with van der Waals surface area (Å²) in [5, 5.41) is 10.9. The normalized spacial score (nSPS) is 10.6. The molecular weight excluding hydrogens is 320 g/mol. The summed E-state index contributed by atoms with van der Waals surface area (Å²) in [4.78, 5) is 20.8. The Bertz CT molecular complexity index is 912. The molecule has 1 amide bonds. The lowest BCUT2D eigenvalue weighted by atomic mass is 10.2. The molecule has 1 N–H and O–H groups in total. The number of pyridine rings is 1. The number of hydrogen-bond donors (Lipinski definition) is 1. The van der Waals surface area contributed by atoms with Gasteiger partial charge in [0.25, 0.3) is 11.8 Å². The first-order chi connectivity index (χ1) is 12.1. The van der Waals surface area contributed by atoms with Gasteiger partial charge in [0.1, 0.15) is 0 Å². The molecule has 0 aliphatic heterocycles. The zero-order chi connectivity index (χ0) is 17.8. The molecule has 0 atom stereocenters. The highest BCUT2D eigenvalue weighted by atomic mass is 16.5. The zero-order valence-corrected chi connectivity index (χ0v) is 14.1. The van der Waals surface area contributed by atoms with Crippen molar-refractivity contribution in [3.05, 3.63) is 54.3 Å². The van der Waals surface area contributed by atoms with E-state index in [1.165, 1.54) is 6.20 Å². The van der Waals surface area contributed by atoms with E-state index in [2.05, 4.69) is 32.1 Å². The third kappa shape index (κ3) is 3.32. The highest BCUT2D eigenvalue weighted by Gasteiger charge is 2.16. The van der Waals surface area contributed by atoms with Crippen LogP contribution in [0.15, 0.2) is 41.7 Å². The minimum absolute atomic E-state index is 0.204. The van der Waals surface area contributed by atoms with E-state index in [4.69, 9.17) is 4.52 Å². The molecule has 0 unspecified atom stereocenters. The molecule has 0 aliphatic carbocycles. The fourth-order valence-electron chi connectivity index (χ4n) is 2.31. The topological polar surface area (TPSA) is 98.7 Å². The monoisotopic (exact) mass is 338 g/mol. The van der Waals surface area contributed by atoms with Crippen molar-refractivity contribution in [2.45, 2.75) is 20.3 Å². The Labute approximate surface area is 144 Å². The van der Waals surface area contributed by atoms with Crippen LogP contribution in [-0.4, -0.2) is 37.4 Å². The average Bonchev–Trinajstić information content (AvgIpc) is 3.26. The van der Waals surface area contributed by atoms with Gasteiger partial charge in [0.05, 0.1) is 17.5 Å². The summed E-state index contributed by atoms with van der Waals surface area (Å²) in [5.41, 5.74) is 1.91. The highest BCUT2D eigenvalue weighted by molar-refractivity contribution is 5.95. The first-order valence-corrected chi connectivity index (χ1v) is 7.87. The van der Waals surface area contributed by atoms with Crippen molar-refractivity contribution in [3.63, 3.8) is 0 Å². The number of aryl methyl sites for hydroxylation is 1. The summed E-state index contributed by atoms with van der Waals surface area (Å²) in [6.45, 7) is 7.75. The maximum Gasteiger partial charge on any atom is 0.258 e. The fraction of sp³-hybridized carbons (Fsp3) is 0.235. The number of nitrogens with zero attached hydrogens (tertiary/aromatic N) is 5. The number of amides is 1. The van der Waals surface area contributed by atoms with E-state index in [0.29, 0.717) is 41.8 Å². The van der Waals surface area contributed by atoms with Gasteiger partial charge in [-0.25, -0.2) is 9.67 Å². The lowest BCUT2D eigenvalue weighted by Crippen LogP contribution is -2.23. The quantitative estimate of drug-likeness (QED) is 0.691. The lowest BCUT2D eigenvalue weighted by molar-refractivity contribution is 0.0957. The van der Waals surface area contributed by atoms with Crippen LogP contribution in [0.4, 0.5) is 0 Å². The molecular formula is C17H18N6O2. The molecule has 0 saturated heterocycles. The first kappa shape index (κ1) is 16.6. The number of nitrogens with one attached hydrogen (secondary N) is 1. The van der Waals surface area contributed by atoms with E-state index in [1.54, 1.807) is 29.1 Å². The van der Waals surface area contributed by atoms with Crippen molar-refractivity contribution in [1.29, 1.82) is 0 Å². The molecule has 25 heavy (non-hydrogen) atoms. The number of carbonyl (C=O) groups excluding carboxylic acids is 1.